The van der Waals surface area contributed by atoms with E-state index in [4.69, 9.17) is 9.84 Å². The van der Waals surface area contributed by atoms with Crippen molar-refractivity contribution in [2.75, 3.05) is 18.5 Å². The number of anilines is 1. The highest BCUT2D eigenvalue weighted by Gasteiger charge is 2.04. The second kappa shape index (κ2) is 7.23. The maximum absolute atomic E-state index is 10.6. The molecule has 0 aliphatic rings. The van der Waals surface area contributed by atoms with Crippen molar-refractivity contribution < 1.29 is 14.6 Å². The molecule has 6 nitrogen and oxygen atoms in total. The second-order valence-corrected chi connectivity index (χ2v) is 4.53. The quantitative estimate of drug-likeness (QED) is 0.760. The van der Waals surface area contributed by atoms with Crippen LogP contribution in [0.25, 0.3) is 0 Å². The molecule has 0 saturated carbocycles. The molecule has 0 unspecified atom stereocenters. The number of carboxylic acids is 1. The van der Waals surface area contributed by atoms with Crippen molar-refractivity contribution >= 4 is 11.8 Å². The Morgan fingerprint density at radius 1 is 1.24 bits per heavy atom. The number of ether oxygens (including phenoxy) is 1. The van der Waals surface area contributed by atoms with Gasteiger partial charge in [0, 0.05) is 6.54 Å². The first-order valence-electron chi connectivity index (χ1n) is 6.64. The van der Waals surface area contributed by atoms with Gasteiger partial charge >= 0.3 is 5.97 Å². The monoisotopic (exact) mass is 287 g/mol. The third-order valence-corrected chi connectivity index (χ3v) is 2.79. The predicted octanol–water partition coefficient (Wildman–Crippen LogP) is 2.36. The van der Waals surface area contributed by atoms with E-state index in [0.717, 1.165) is 12.2 Å². The molecule has 0 fully saturated rings. The maximum atomic E-state index is 10.6. The number of benzene rings is 1. The molecule has 1 aromatic heterocycles. The van der Waals surface area contributed by atoms with E-state index < -0.39 is 5.97 Å². The Labute approximate surface area is 122 Å². The molecular formula is C15H17N3O3. The van der Waals surface area contributed by atoms with E-state index in [2.05, 4.69) is 15.3 Å². The average Bonchev–Trinajstić information content (AvgIpc) is 2.49. The van der Waals surface area contributed by atoms with Crippen LogP contribution in [0, 0.1) is 6.92 Å². The smallest absolute Gasteiger partial charge is 0.356 e. The number of hydrogen-bond donors (Lipinski definition) is 2. The SMILES string of the molecule is Cc1ccc(OCCCNc2cnc(C(=O)O)cn2)cc1. The minimum absolute atomic E-state index is 0.0664. The van der Waals surface area contributed by atoms with Crippen molar-refractivity contribution in [1.29, 1.82) is 0 Å². The van der Waals surface area contributed by atoms with E-state index >= 15 is 0 Å². The van der Waals surface area contributed by atoms with Gasteiger partial charge in [-0.15, -0.1) is 0 Å². The topological polar surface area (TPSA) is 84.3 Å². The summed E-state index contributed by atoms with van der Waals surface area (Å²) < 4.78 is 5.60. The van der Waals surface area contributed by atoms with Gasteiger partial charge < -0.3 is 15.2 Å². The Morgan fingerprint density at radius 3 is 2.62 bits per heavy atom. The fourth-order valence-electron chi connectivity index (χ4n) is 1.64. The lowest BCUT2D eigenvalue weighted by Crippen LogP contribution is -2.09. The van der Waals surface area contributed by atoms with Crippen LogP contribution in [0.3, 0.4) is 0 Å². The number of carboxylic acid groups (broad SMARTS) is 1. The number of aromatic carboxylic acids is 1. The predicted molar refractivity (Wildman–Crippen MR) is 78.8 cm³/mol. The summed E-state index contributed by atoms with van der Waals surface area (Å²) in [6.07, 6.45) is 3.44. The first-order chi connectivity index (χ1) is 10.1. The lowest BCUT2D eigenvalue weighted by atomic mass is 10.2. The Hall–Kier alpha value is -2.63. The highest BCUT2D eigenvalue weighted by molar-refractivity contribution is 5.84. The maximum Gasteiger partial charge on any atom is 0.356 e. The van der Waals surface area contributed by atoms with Gasteiger partial charge in [-0.1, -0.05) is 17.7 Å². The van der Waals surface area contributed by atoms with Crippen LogP contribution in [0.1, 0.15) is 22.5 Å². The van der Waals surface area contributed by atoms with Crippen molar-refractivity contribution in [3.63, 3.8) is 0 Å². The Kier molecular flexibility index (Phi) is 5.09. The van der Waals surface area contributed by atoms with Crippen molar-refractivity contribution in [1.82, 2.24) is 9.97 Å². The Bertz CT molecular complexity index is 582. The molecule has 0 saturated heterocycles. The standard InChI is InChI=1S/C15H17N3O3/c1-11-3-5-12(6-4-11)21-8-2-7-16-14-10-17-13(9-18-14)15(19)20/h3-6,9-10H,2,7-8H2,1H3,(H,16,18)(H,19,20). The summed E-state index contributed by atoms with van der Waals surface area (Å²) in [5.41, 5.74) is 1.13. The van der Waals surface area contributed by atoms with Crippen LogP contribution in [0.5, 0.6) is 5.75 Å². The number of carbonyl (C=O) groups is 1. The molecule has 110 valence electrons. The van der Waals surface area contributed by atoms with Crippen LogP contribution in [0.15, 0.2) is 36.7 Å². The molecule has 0 atom stereocenters. The van der Waals surface area contributed by atoms with Crippen molar-refractivity contribution in [2.45, 2.75) is 13.3 Å². The molecule has 0 aliphatic carbocycles. The van der Waals surface area contributed by atoms with Crippen molar-refractivity contribution in [3.05, 3.63) is 47.9 Å². The highest BCUT2D eigenvalue weighted by atomic mass is 16.5. The summed E-state index contributed by atoms with van der Waals surface area (Å²) in [6.45, 7) is 3.30. The number of hydrogen-bond acceptors (Lipinski definition) is 5. The van der Waals surface area contributed by atoms with Gasteiger partial charge in [0.05, 0.1) is 19.0 Å². The first kappa shape index (κ1) is 14.8. The van der Waals surface area contributed by atoms with E-state index in [0.29, 0.717) is 19.0 Å². The molecule has 0 bridgehead atoms. The zero-order valence-corrected chi connectivity index (χ0v) is 11.7. The van der Waals surface area contributed by atoms with Gasteiger partial charge in [0.15, 0.2) is 5.69 Å². The average molecular weight is 287 g/mol. The summed E-state index contributed by atoms with van der Waals surface area (Å²) in [5, 5.41) is 11.8. The van der Waals surface area contributed by atoms with Crippen LogP contribution in [0.4, 0.5) is 5.82 Å². The lowest BCUT2D eigenvalue weighted by Gasteiger charge is -2.07. The van der Waals surface area contributed by atoms with Gasteiger partial charge in [-0.05, 0) is 25.5 Å². The first-order valence-corrected chi connectivity index (χ1v) is 6.64. The molecule has 0 spiro atoms. The van der Waals surface area contributed by atoms with Gasteiger partial charge in [0.2, 0.25) is 0 Å². The number of aryl methyl sites for hydroxylation is 1. The van der Waals surface area contributed by atoms with E-state index in [1.54, 1.807) is 0 Å². The molecule has 1 aromatic carbocycles. The molecule has 2 N–H and O–H groups in total. The molecule has 2 aromatic rings. The summed E-state index contributed by atoms with van der Waals surface area (Å²) in [6, 6.07) is 7.90. The fraction of sp³-hybridized carbons (Fsp3) is 0.267. The number of rotatable bonds is 7. The number of nitrogens with zero attached hydrogens (tertiary/aromatic N) is 2. The summed E-state index contributed by atoms with van der Waals surface area (Å²) >= 11 is 0. The summed E-state index contributed by atoms with van der Waals surface area (Å²) in [5.74, 6) is 0.321. The van der Waals surface area contributed by atoms with E-state index in [1.807, 2.05) is 31.2 Å². The van der Waals surface area contributed by atoms with Gasteiger partial charge in [0.25, 0.3) is 0 Å². The van der Waals surface area contributed by atoms with E-state index in [1.165, 1.54) is 18.0 Å². The molecule has 21 heavy (non-hydrogen) atoms. The number of aromatic nitrogens is 2. The van der Waals surface area contributed by atoms with E-state index in [9.17, 15) is 4.79 Å². The van der Waals surface area contributed by atoms with Crippen LogP contribution >= 0.6 is 0 Å². The minimum Gasteiger partial charge on any atom is -0.494 e. The van der Waals surface area contributed by atoms with Gasteiger partial charge in [-0.2, -0.15) is 0 Å². The van der Waals surface area contributed by atoms with Crippen LogP contribution in [0.2, 0.25) is 0 Å². The Balaban J connectivity index is 1.67. The molecule has 1 heterocycles. The third-order valence-electron chi connectivity index (χ3n) is 2.79. The zero-order chi connectivity index (χ0) is 15.1. The zero-order valence-electron chi connectivity index (χ0n) is 11.7. The molecule has 0 amide bonds. The van der Waals surface area contributed by atoms with Gasteiger partial charge in [-0.25, -0.2) is 14.8 Å². The van der Waals surface area contributed by atoms with Crippen molar-refractivity contribution in [3.8, 4) is 5.75 Å². The second-order valence-electron chi connectivity index (χ2n) is 4.53. The Morgan fingerprint density at radius 2 is 2.00 bits per heavy atom. The highest BCUT2D eigenvalue weighted by Crippen LogP contribution is 2.11. The fourth-order valence-corrected chi connectivity index (χ4v) is 1.64. The molecule has 2 rings (SSSR count). The molecule has 0 aliphatic heterocycles. The minimum atomic E-state index is -1.08. The van der Waals surface area contributed by atoms with Crippen LogP contribution in [-0.4, -0.2) is 34.2 Å². The van der Waals surface area contributed by atoms with Crippen LogP contribution in [-0.2, 0) is 0 Å². The number of nitrogens with one attached hydrogen (secondary N) is 1. The normalized spacial score (nSPS) is 10.1. The van der Waals surface area contributed by atoms with E-state index in [-0.39, 0.29) is 5.69 Å². The molecule has 0 radical (unpaired) electrons. The largest absolute Gasteiger partial charge is 0.494 e. The summed E-state index contributed by atoms with van der Waals surface area (Å²) in [7, 11) is 0. The van der Waals surface area contributed by atoms with Gasteiger partial charge in [-0.3, -0.25) is 0 Å². The van der Waals surface area contributed by atoms with Gasteiger partial charge in [0.1, 0.15) is 11.6 Å². The summed E-state index contributed by atoms with van der Waals surface area (Å²) in [4.78, 5) is 18.4. The van der Waals surface area contributed by atoms with Crippen LogP contribution < -0.4 is 10.1 Å². The molecule has 6 heteroatoms. The van der Waals surface area contributed by atoms with Crippen molar-refractivity contribution in [2.24, 2.45) is 0 Å². The third kappa shape index (κ3) is 4.76. The lowest BCUT2D eigenvalue weighted by molar-refractivity contribution is 0.0690. The molecular weight excluding hydrogens is 270 g/mol.